The van der Waals surface area contributed by atoms with E-state index in [1.807, 2.05) is 0 Å². The van der Waals surface area contributed by atoms with E-state index in [1.54, 1.807) is 25.3 Å². The number of aryl methyl sites for hydroxylation is 2. The first-order chi connectivity index (χ1) is 14.7. The number of amides is 1. The number of thiophene rings is 1. The van der Waals surface area contributed by atoms with Gasteiger partial charge in [-0.25, -0.2) is 12.8 Å². The molecule has 1 aliphatic rings. The Balaban J connectivity index is 1.39. The number of halogens is 1. The van der Waals surface area contributed by atoms with Gasteiger partial charge in [0.2, 0.25) is 17.6 Å². The molecule has 2 aromatic heterocycles. The lowest BCUT2D eigenvalue weighted by Crippen LogP contribution is -2.41. The second-order valence-corrected chi connectivity index (χ2v) is 10.5. The summed E-state index contributed by atoms with van der Waals surface area (Å²) in [4.78, 5) is 16.7. The van der Waals surface area contributed by atoms with Gasteiger partial charge in [0.05, 0.1) is 0 Å². The zero-order valence-corrected chi connectivity index (χ0v) is 18.6. The Hall–Kier alpha value is -2.63. The summed E-state index contributed by atoms with van der Waals surface area (Å²) in [6.45, 7) is 3.88. The van der Waals surface area contributed by atoms with Crippen molar-refractivity contribution in [2.75, 3.05) is 18.4 Å². The Morgan fingerprint density at radius 1 is 1.26 bits per heavy atom. The van der Waals surface area contributed by atoms with E-state index in [4.69, 9.17) is 4.52 Å². The van der Waals surface area contributed by atoms with Crippen LogP contribution < -0.4 is 5.32 Å². The number of hydrogen-bond donors (Lipinski definition) is 1. The molecule has 0 aliphatic carbocycles. The molecule has 0 saturated carbocycles. The van der Waals surface area contributed by atoms with Crippen LogP contribution in [0.1, 0.15) is 24.3 Å². The van der Waals surface area contributed by atoms with Crippen LogP contribution in [0, 0.1) is 25.6 Å². The van der Waals surface area contributed by atoms with Crippen molar-refractivity contribution in [3.05, 3.63) is 46.9 Å². The summed E-state index contributed by atoms with van der Waals surface area (Å²) in [6.07, 6.45) is 0.821. The lowest BCUT2D eigenvalue weighted by molar-refractivity contribution is -0.120. The minimum atomic E-state index is -3.67. The fraction of sp³-hybridized carbons (Fsp3) is 0.350. The summed E-state index contributed by atoms with van der Waals surface area (Å²) in [5, 5.41) is 8.32. The number of aromatic nitrogens is 2. The van der Waals surface area contributed by atoms with Crippen LogP contribution in [0.5, 0.6) is 0 Å². The van der Waals surface area contributed by atoms with Crippen LogP contribution in [0.3, 0.4) is 0 Å². The van der Waals surface area contributed by atoms with Crippen LogP contribution in [0.4, 0.5) is 10.1 Å². The first-order valence-electron chi connectivity index (χ1n) is 9.70. The Bertz CT molecular complexity index is 1210. The molecule has 0 radical (unpaired) electrons. The summed E-state index contributed by atoms with van der Waals surface area (Å²) in [5.41, 5.74) is 1.78. The summed E-state index contributed by atoms with van der Waals surface area (Å²) in [5.74, 6) is -0.0987. The Kier molecular flexibility index (Phi) is 5.91. The van der Waals surface area contributed by atoms with Crippen molar-refractivity contribution in [3.63, 3.8) is 0 Å². The molecule has 1 aromatic carbocycles. The highest BCUT2D eigenvalue weighted by Gasteiger charge is 2.33. The summed E-state index contributed by atoms with van der Waals surface area (Å²) in [6, 6.07) is 5.72. The number of hydrogen-bond acceptors (Lipinski definition) is 7. The van der Waals surface area contributed by atoms with Crippen molar-refractivity contribution in [2.24, 2.45) is 5.92 Å². The number of piperidine rings is 1. The molecule has 0 bridgehead atoms. The van der Waals surface area contributed by atoms with Crippen molar-refractivity contribution >= 4 is 33.0 Å². The highest BCUT2D eigenvalue weighted by molar-refractivity contribution is 7.91. The van der Waals surface area contributed by atoms with Crippen molar-refractivity contribution < 1.29 is 22.1 Å². The molecule has 164 valence electrons. The Labute approximate surface area is 183 Å². The van der Waals surface area contributed by atoms with Gasteiger partial charge in [-0.05, 0) is 49.6 Å². The van der Waals surface area contributed by atoms with Gasteiger partial charge in [-0.15, -0.1) is 11.3 Å². The predicted molar refractivity (Wildman–Crippen MR) is 114 cm³/mol. The maximum Gasteiger partial charge on any atom is 0.252 e. The third-order valence-electron chi connectivity index (χ3n) is 5.23. The fourth-order valence-corrected chi connectivity index (χ4v) is 6.25. The second kappa shape index (κ2) is 8.48. The van der Waals surface area contributed by atoms with E-state index in [2.05, 4.69) is 15.5 Å². The molecule has 31 heavy (non-hydrogen) atoms. The average molecular weight is 465 g/mol. The van der Waals surface area contributed by atoms with Crippen LogP contribution in [-0.2, 0) is 14.8 Å². The van der Waals surface area contributed by atoms with E-state index < -0.39 is 10.0 Å². The summed E-state index contributed by atoms with van der Waals surface area (Å²) < 4.78 is 45.8. The number of anilines is 1. The summed E-state index contributed by atoms with van der Waals surface area (Å²) in [7, 11) is -3.67. The second-order valence-electron chi connectivity index (χ2n) is 7.42. The third kappa shape index (κ3) is 4.53. The van der Waals surface area contributed by atoms with E-state index in [-0.39, 0.29) is 34.9 Å². The molecular formula is C20H21FN4O4S2. The van der Waals surface area contributed by atoms with E-state index in [0.29, 0.717) is 41.4 Å². The van der Waals surface area contributed by atoms with Gasteiger partial charge in [-0.3, -0.25) is 4.79 Å². The molecule has 8 nitrogen and oxygen atoms in total. The monoisotopic (exact) mass is 464 g/mol. The molecule has 1 N–H and O–H groups in total. The lowest BCUT2D eigenvalue weighted by Gasteiger charge is -2.30. The number of nitrogens with zero attached hydrogens (tertiary/aromatic N) is 3. The first-order valence-corrected chi connectivity index (χ1v) is 12.0. The molecule has 11 heteroatoms. The third-order valence-corrected chi connectivity index (χ3v) is 8.54. The summed E-state index contributed by atoms with van der Waals surface area (Å²) >= 11 is 1.10. The van der Waals surface area contributed by atoms with Crippen LogP contribution in [0.2, 0.25) is 0 Å². The van der Waals surface area contributed by atoms with E-state index in [9.17, 15) is 17.6 Å². The van der Waals surface area contributed by atoms with Crippen LogP contribution in [-0.4, -0.2) is 41.9 Å². The molecule has 0 unspecified atom stereocenters. The molecule has 4 rings (SSSR count). The van der Waals surface area contributed by atoms with Crippen molar-refractivity contribution in [1.29, 1.82) is 0 Å². The Morgan fingerprint density at radius 3 is 2.65 bits per heavy atom. The number of rotatable bonds is 5. The minimum absolute atomic E-state index is 0.183. The first kappa shape index (κ1) is 21.6. The SMILES string of the molecule is Cc1nc(-c2csc(S(=O)(=O)N3CCC(C(=O)Nc4ccc(F)cc4C)CC3)c2)no1. The van der Waals surface area contributed by atoms with Crippen LogP contribution in [0.15, 0.2) is 38.4 Å². The largest absolute Gasteiger partial charge is 0.339 e. The number of nitrogens with one attached hydrogen (secondary N) is 1. The smallest absolute Gasteiger partial charge is 0.252 e. The average Bonchev–Trinajstić information content (AvgIpc) is 3.39. The number of carbonyl (C=O) groups is 1. The molecular weight excluding hydrogens is 443 g/mol. The van der Waals surface area contributed by atoms with Gasteiger partial charge in [-0.1, -0.05) is 5.16 Å². The quantitative estimate of drug-likeness (QED) is 0.619. The maximum atomic E-state index is 13.2. The van der Waals surface area contributed by atoms with Gasteiger partial charge in [0.1, 0.15) is 10.0 Å². The van der Waals surface area contributed by atoms with Gasteiger partial charge < -0.3 is 9.84 Å². The maximum absolute atomic E-state index is 13.2. The van der Waals surface area contributed by atoms with Crippen LogP contribution >= 0.6 is 11.3 Å². The molecule has 3 heterocycles. The zero-order chi connectivity index (χ0) is 22.2. The lowest BCUT2D eigenvalue weighted by atomic mass is 9.97. The predicted octanol–water partition coefficient (Wildman–Crippen LogP) is 3.59. The fourth-order valence-electron chi connectivity index (χ4n) is 3.47. The number of benzene rings is 1. The number of carbonyl (C=O) groups excluding carboxylic acids is 1. The minimum Gasteiger partial charge on any atom is -0.339 e. The van der Waals surface area contributed by atoms with E-state index in [1.165, 1.54) is 22.5 Å². The normalized spacial score (nSPS) is 15.8. The van der Waals surface area contributed by atoms with E-state index >= 15 is 0 Å². The molecule has 3 aromatic rings. The highest BCUT2D eigenvalue weighted by Crippen LogP contribution is 2.31. The van der Waals surface area contributed by atoms with Crippen molar-refractivity contribution in [2.45, 2.75) is 30.9 Å². The van der Waals surface area contributed by atoms with Crippen molar-refractivity contribution in [1.82, 2.24) is 14.4 Å². The van der Waals surface area contributed by atoms with Gasteiger partial charge >= 0.3 is 0 Å². The standard InChI is InChI=1S/C20H21FN4O4S2/c1-12-9-16(21)3-4-17(12)23-20(26)14-5-7-25(8-6-14)31(27,28)18-10-15(11-30-18)19-22-13(2)29-24-19/h3-4,9-11,14H,5-8H2,1-2H3,(H,23,26). The highest BCUT2D eigenvalue weighted by atomic mass is 32.2. The molecule has 1 aliphatic heterocycles. The molecule has 0 spiro atoms. The van der Waals surface area contributed by atoms with E-state index in [0.717, 1.165) is 11.3 Å². The molecule has 1 fully saturated rings. The van der Waals surface area contributed by atoms with Gasteiger partial charge in [-0.2, -0.15) is 9.29 Å². The number of sulfonamides is 1. The molecule has 1 saturated heterocycles. The zero-order valence-electron chi connectivity index (χ0n) is 17.0. The van der Waals surface area contributed by atoms with Crippen molar-refractivity contribution in [3.8, 4) is 11.4 Å². The van der Waals surface area contributed by atoms with Crippen LogP contribution in [0.25, 0.3) is 11.4 Å². The molecule has 1 amide bonds. The Morgan fingerprint density at radius 2 is 2.00 bits per heavy atom. The van der Waals surface area contributed by atoms with Gasteiger partial charge in [0.15, 0.2) is 0 Å². The van der Waals surface area contributed by atoms with Gasteiger partial charge in [0, 0.05) is 42.6 Å². The molecule has 0 atom stereocenters. The topological polar surface area (TPSA) is 105 Å². The van der Waals surface area contributed by atoms with Gasteiger partial charge in [0.25, 0.3) is 10.0 Å².